The molecule has 1 saturated carbocycles. The molecule has 0 atom stereocenters. The third-order valence-corrected chi connectivity index (χ3v) is 5.32. The summed E-state index contributed by atoms with van der Waals surface area (Å²) in [5.74, 6) is -0.308. The smallest absolute Gasteiger partial charge is 0.342 e. The molecule has 7 heteroatoms. The van der Waals surface area contributed by atoms with Crippen LogP contribution < -0.4 is 5.32 Å². The van der Waals surface area contributed by atoms with E-state index in [0.717, 1.165) is 43.4 Å². The SMILES string of the molecule is Fc1ccc(CN(C(=S)Nc2cccc(C(F)(F)F)c2)C2CCCCC2)cc1. The number of rotatable bonds is 4. The second-order valence-corrected chi connectivity index (χ2v) is 7.44. The molecule has 0 unspecified atom stereocenters. The summed E-state index contributed by atoms with van der Waals surface area (Å²) in [6, 6.07) is 11.4. The van der Waals surface area contributed by atoms with Gasteiger partial charge < -0.3 is 10.2 Å². The van der Waals surface area contributed by atoms with Crippen LogP contribution in [-0.4, -0.2) is 16.1 Å². The van der Waals surface area contributed by atoms with Crippen molar-refractivity contribution in [3.63, 3.8) is 0 Å². The average Bonchev–Trinajstić information content (AvgIpc) is 2.67. The van der Waals surface area contributed by atoms with Crippen molar-refractivity contribution < 1.29 is 17.6 Å². The van der Waals surface area contributed by atoms with Crippen LogP contribution in [0.2, 0.25) is 0 Å². The minimum Gasteiger partial charge on any atom is -0.342 e. The number of alkyl halides is 3. The largest absolute Gasteiger partial charge is 0.416 e. The molecule has 2 aromatic rings. The number of nitrogens with zero attached hydrogens (tertiary/aromatic N) is 1. The van der Waals surface area contributed by atoms with Gasteiger partial charge in [0.15, 0.2) is 5.11 Å². The monoisotopic (exact) mass is 410 g/mol. The first-order valence-corrected chi connectivity index (χ1v) is 9.73. The summed E-state index contributed by atoms with van der Waals surface area (Å²) in [6.07, 6.45) is 0.913. The van der Waals surface area contributed by atoms with E-state index in [9.17, 15) is 17.6 Å². The molecule has 0 aromatic heterocycles. The van der Waals surface area contributed by atoms with Crippen molar-refractivity contribution in [1.29, 1.82) is 0 Å². The summed E-state index contributed by atoms with van der Waals surface area (Å²) in [6.45, 7) is 0.482. The molecule has 0 heterocycles. The molecule has 0 amide bonds. The second-order valence-electron chi connectivity index (χ2n) is 7.05. The Kier molecular flexibility index (Phi) is 6.54. The summed E-state index contributed by atoms with van der Waals surface area (Å²) in [7, 11) is 0. The Bertz CT molecular complexity index is 799. The van der Waals surface area contributed by atoms with E-state index in [1.165, 1.54) is 24.6 Å². The van der Waals surface area contributed by atoms with Crippen molar-refractivity contribution in [2.75, 3.05) is 5.32 Å². The van der Waals surface area contributed by atoms with E-state index < -0.39 is 11.7 Å². The lowest BCUT2D eigenvalue weighted by Gasteiger charge is -2.36. The maximum absolute atomic E-state index is 13.2. The van der Waals surface area contributed by atoms with Gasteiger partial charge in [-0.3, -0.25) is 0 Å². The average molecular weight is 410 g/mol. The molecule has 0 radical (unpaired) electrons. The normalized spacial score (nSPS) is 15.3. The van der Waals surface area contributed by atoms with Crippen LogP contribution in [0.4, 0.5) is 23.2 Å². The molecule has 0 saturated heterocycles. The van der Waals surface area contributed by atoms with E-state index in [1.807, 2.05) is 4.90 Å². The zero-order chi connectivity index (χ0) is 20.1. The molecule has 0 spiro atoms. The molecular formula is C21H22F4N2S. The molecule has 2 aromatic carbocycles. The Morgan fingerprint density at radius 1 is 1.04 bits per heavy atom. The first kappa shape index (κ1) is 20.6. The van der Waals surface area contributed by atoms with Crippen molar-refractivity contribution in [1.82, 2.24) is 4.90 Å². The standard InChI is InChI=1S/C21H22F4N2S/c22-17-11-9-15(10-12-17)14-27(19-7-2-1-3-8-19)20(28)26-18-6-4-5-16(13-18)21(23,24)25/h4-6,9-13,19H,1-3,7-8,14H2,(H,26,28). The zero-order valence-corrected chi connectivity index (χ0v) is 16.1. The number of halogens is 4. The molecule has 2 nitrogen and oxygen atoms in total. The summed E-state index contributed by atoms with van der Waals surface area (Å²) in [5, 5.41) is 3.35. The molecule has 1 aliphatic carbocycles. The van der Waals surface area contributed by atoms with Crippen molar-refractivity contribution in [3.05, 3.63) is 65.5 Å². The highest BCUT2D eigenvalue weighted by atomic mass is 32.1. The molecule has 3 rings (SSSR count). The summed E-state index contributed by atoms with van der Waals surface area (Å²) in [5.41, 5.74) is 0.489. The quantitative estimate of drug-likeness (QED) is 0.465. The highest BCUT2D eigenvalue weighted by molar-refractivity contribution is 7.80. The second kappa shape index (κ2) is 8.90. The number of nitrogens with one attached hydrogen (secondary N) is 1. The fourth-order valence-corrected chi connectivity index (χ4v) is 3.85. The van der Waals surface area contributed by atoms with Crippen LogP contribution in [0.15, 0.2) is 48.5 Å². The van der Waals surface area contributed by atoms with E-state index >= 15 is 0 Å². The topological polar surface area (TPSA) is 15.3 Å². The van der Waals surface area contributed by atoms with Gasteiger partial charge >= 0.3 is 6.18 Å². The first-order chi connectivity index (χ1) is 13.3. The predicted octanol–water partition coefficient (Wildman–Crippen LogP) is 6.38. The lowest BCUT2D eigenvalue weighted by Crippen LogP contribution is -2.43. The fourth-order valence-electron chi connectivity index (χ4n) is 3.51. The molecule has 28 heavy (non-hydrogen) atoms. The minimum atomic E-state index is -4.41. The maximum Gasteiger partial charge on any atom is 0.416 e. The molecule has 0 bridgehead atoms. The number of anilines is 1. The summed E-state index contributed by atoms with van der Waals surface area (Å²) < 4.78 is 52.1. The van der Waals surface area contributed by atoms with Crippen molar-refractivity contribution in [3.8, 4) is 0 Å². The fraction of sp³-hybridized carbons (Fsp3) is 0.381. The van der Waals surface area contributed by atoms with Gasteiger partial charge in [0.05, 0.1) is 5.56 Å². The van der Waals surface area contributed by atoms with E-state index in [-0.39, 0.29) is 11.9 Å². The molecule has 1 aliphatic rings. The lowest BCUT2D eigenvalue weighted by molar-refractivity contribution is -0.137. The molecule has 0 aliphatic heterocycles. The van der Waals surface area contributed by atoms with Gasteiger partial charge in [0.2, 0.25) is 0 Å². The van der Waals surface area contributed by atoms with E-state index in [4.69, 9.17) is 12.2 Å². The maximum atomic E-state index is 13.2. The lowest BCUT2D eigenvalue weighted by atomic mass is 9.94. The predicted molar refractivity (Wildman–Crippen MR) is 106 cm³/mol. The summed E-state index contributed by atoms with van der Waals surface area (Å²) in [4.78, 5) is 2.02. The van der Waals surface area contributed by atoms with E-state index in [0.29, 0.717) is 17.3 Å². The number of thiocarbonyl (C=S) groups is 1. The summed E-state index contributed by atoms with van der Waals surface area (Å²) >= 11 is 5.56. The van der Waals surface area contributed by atoms with Gasteiger partial charge in [-0.05, 0) is 61.0 Å². The number of benzene rings is 2. The van der Waals surface area contributed by atoms with Crippen LogP contribution >= 0.6 is 12.2 Å². The Morgan fingerprint density at radius 3 is 2.36 bits per heavy atom. The molecule has 1 fully saturated rings. The van der Waals surface area contributed by atoms with Crippen molar-refractivity contribution in [2.24, 2.45) is 0 Å². The van der Waals surface area contributed by atoms with Crippen molar-refractivity contribution in [2.45, 2.75) is 50.9 Å². The first-order valence-electron chi connectivity index (χ1n) is 9.32. The van der Waals surface area contributed by atoms with Crippen LogP contribution in [0.25, 0.3) is 0 Å². The van der Waals surface area contributed by atoms with E-state index in [1.54, 1.807) is 18.2 Å². The number of hydrogen-bond acceptors (Lipinski definition) is 1. The van der Waals surface area contributed by atoms with Gasteiger partial charge in [0, 0.05) is 18.3 Å². The van der Waals surface area contributed by atoms with Gasteiger partial charge in [0.25, 0.3) is 0 Å². The zero-order valence-electron chi connectivity index (χ0n) is 15.3. The van der Waals surface area contributed by atoms with Gasteiger partial charge in [-0.2, -0.15) is 13.2 Å². The van der Waals surface area contributed by atoms with Crippen LogP contribution in [0.3, 0.4) is 0 Å². The molecule has 150 valence electrons. The van der Waals surface area contributed by atoms with E-state index in [2.05, 4.69) is 5.32 Å². The van der Waals surface area contributed by atoms with Crippen LogP contribution in [0.5, 0.6) is 0 Å². The van der Waals surface area contributed by atoms with Gasteiger partial charge in [-0.25, -0.2) is 4.39 Å². The third kappa shape index (κ3) is 5.44. The Labute approximate surface area is 167 Å². The molecular weight excluding hydrogens is 388 g/mol. The number of hydrogen-bond donors (Lipinski definition) is 1. The molecule has 1 N–H and O–H groups in total. The Hall–Kier alpha value is -2.15. The van der Waals surface area contributed by atoms with Crippen LogP contribution in [0, 0.1) is 5.82 Å². The van der Waals surface area contributed by atoms with Gasteiger partial charge in [-0.1, -0.05) is 37.5 Å². The van der Waals surface area contributed by atoms with Gasteiger partial charge in [0.1, 0.15) is 5.82 Å². The highest BCUT2D eigenvalue weighted by Gasteiger charge is 2.30. The Balaban J connectivity index is 1.78. The Morgan fingerprint density at radius 2 is 1.71 bits per heavy atom. The van der Waals surface area contributed by atoms with Crippen LogP contribution in [0.1, 0.15) is 43.2 Å². The minimum absolute atomic E-state index is 0.213. The van der Waals surface area contributed by atoms with Gasteiger partial charge in [-0.15, -0.1) is 0 Å². The van der Waals surface area contributed by atoms with Crippen LogP contribution in [-0.2, 0) is 12.7 Å². The highest BCUT2D eigenvalue weighted by Crippen LogP contribution is 2.31. The van der Waals surface area contributed by atoms with Crippen molar-refractivity contribution >= 4 is 23.0 Å². The third-order valence-electron chi connectivity index (χ3n) is 4.98.